The van der Waals surface area contributed by atoms with Gasteiger partial charge >= 0.3 is 0 Å². The molecule has 0 spiro atoms. The Balaban J connectivity index is 1.61. The van der Waals surface area contributed by atoms with Crippen molar-refractivity contribution in [2.45, 2.75) is 6.54 Å². The average molecular weight is 334 g/mol. The van der Waals surface area contributed by atoms with E-state index in [0.717, 1.165) is 11.3 Å². The highest BCUT2D eigenvalue weighted by Crippen LogP contribution is 2.20. The van der Waals surface area contributed by atoms with Crippen LogP contribution in [0.3, 0.4) is 0 Å². The minimum atomic E-state index is -0.140. The van der Waals surface area contributed by atoms with Gasteiger partial charge in [0.2, 0.25) is 5.88 Å². The lowest BCUT2D eigenvalue weighted by Crippen LogP contribution is -2.22. The summed E-state index contributed by atoms with van der Waals surface area (Å²) >= 11 is 0. The number of benzene rings is 2. The number of nitrogens with one attached hydrogen (secondary N) is 1. The molecular formula is C20H18N2O3. The Labute approximate surface area is 146 Å². The molecule has 3 rings (SSSR count). The van der Waals surface area contributed by atoms with Crippen molar-refractivity contribution in [3.8, 4) is 17.4 Å². The molecule has 0 saturated heterocycles. The Morgan fingerprint density at radius 2 is 1.84 bits per heavy atom. The van der Waals surface area contributed by atoms with Gasteiger partial charge in [0.25, 0.3) is 5.91 Å². The molecule has 0 unspecified atom stereocenters. The summed E-state index contributed by atoms with van der Waals surface area (Å²) in [6.07, 6.45) is 1.67. The normalized spacial score (nSPS) is 10.1. The van der Waals surface area contributed by atoms with Crippen LogP contribution < -0.4 is 14.8 Å². The molecule has 5 heteroatoms. The van der Waals surface area contributed by atoms with Gasteiger partial charge in [-0.1, -0.05) is 18.2 Å². The number of carbonyl (C=O) groups is 1. The van der Waals surface area contributed by atoms with Crippen LogP contribution in [-0.4, -0.2) is 18.0 Å². The van der Waals surface area contributed by atoms with Gasteiger partial charge < -0.3 is 14.8 Å². The molecule has 0 aliphatic heterocycles. The first-order valence-corrected chi connectivity index (χ1v) is 7.85. The summed E-state index contributed by atoms with van der Waals surface area (Å²) in [4.78, 5) is 16.3. The highest BCUT2D eigenvalue weighted by atomic mass is 16.5. The largest absolute Gasteiger partial charge is 0.497 e. The molecule has 3 aromatic rings. The van der Waals surface area contributed by atoms with Crippen LogP contribution in [0.5, 0.6) is 17.4 Å². The van der Waals surface area contributed by atoms with Gasteiger partial charge in [0.05, 0.1) is 7.11 Å². The Bertz CT molecular complexity index is 833. The van der Waals surface area contributed by atoms with Gasteiger partial charge in [0, 0.05) is 24.4 Å². The summed E-state index contributed by atoms with van der Waals surface area (Å²) in [5.41, 5.74) is 1.52. The number of rotatable bonds is 6. The monoisotopic (exact) mass is 334 g/mol. The molecule has 5 nitrogen and oxygen atoms in total. The molecule has 1 aromatic heterocycles. The summed E-state index contributed by atoms with van der Waals surface area (Å²) in [5.74, 6) is 1.78. The van der Waals surface area contributed by atoms with Gasteiger partial charge in [0.15, 0.2) is 0 Å². The van der Waals surface area contributed by atoms with Crippen molar-refractivity contribution in [1.82, 2.24) is 10.3 Å². The lowest BCUT2D eigenvalue weighted by molar-refractivity contribution is 0.0951. The fraction of sp³-hybridized carbons (Fsp3) is 0.100. The third-order valence-electron chi connectivity index (χ3n) is 3.56. The lowest BCUT2D eigenvalue weighted by Gasteiger charge is -2.08. The van der Waals surface area contributed by atoms with Crippen LogP contribution >= 0.6 is 0 Å². The lowest BCUT2D eigenvalue weighted by atomic mass is 10.2. The Hall–Kier alpha value is -3.34. The van der Waals surface area contributed by atoms with E-state index in [1.807, 2.05) is 36.4 Å². The maximum atomic E-state index is 12.2. The second kappa shape index (κ2) is 7.97. The van der Waals surface area contributed by atoms with E-state index in [4.69, 9.17) is 9.47 Å². The van der Waals surface area contributed by atoms with Crippen molar-refractivity contribution in [2.24, 2.45) is 0 Å². The number of amides is 1. The second-order valence-electron chi connectivity index (χ2n) is 5.33. The molecule has 0 saturated carbocycles. The molecule has 0 atom stereocenters. The van der Waals surface area contributed by atoms with E-state index in [9.17, 15) is 4.79 Å². The topological polar surface area (TPSA) is 60.5 Å². The number of aromatic nitrogens is 1. The van der Waals surface area contributed by atoms with Crippen molar-refractivity contribution < 1.29 is 14.3 Å². The van der Waals surface area contributed by atoms with Crippen LogP contribution in [0.1, 0.15) is 15.9 Å². The zero-order valence-electron chi connectivity index (χ0n) is 13.8. The van der Waals surface area contributed by atoms with Gasteiger partial charge in [-0.3, -0.25) is 4.79 Å². The third-order valence-corrected chi connectivity index (χ3v) is 3.56. The molecule has 0 aliphatic carbocycles. The summed E-state index contributed by atoms with van der Waals surface area (Å²) in [6.45, 7) is 0.407. The van der Waals surface area contributed by atoms with E-state index in [1.54, 1.807) is 43.6 Å². The van der Waals surface area contributed by atoms with Gasteiger partial charge in [-0.15, -0.1) is 0 Å². The van der Waals surface area contributed by atoms with Crippen molar-refractivity contribution in [1.29, 1.82) is 0 Å². The van der Waals surface area contributed by atoms with Gasteiger partial charge in [-0.25, -0.2) is 4.98 Å². The van der Waals surface area contributed by atoms with Crippen molar-refractivity contribution >= 4 is 5.91 Å². The average Bonchev–Trinajstić information content (AvgIpc) is 2.67. The van der Waals surface area contributed by atoms with E-state index in [2.05, 4.69) is 10.3 Å². The quantitative estimate of drug-likeness (QED) is 0.744. The van der Waals surface area contributed by atoms with Crippen LogP contribution in [0.2, 0.25) is 0 Å². The molecule has 0 fully saturated rings. The Morgan fingerprint density at radius 3 is 2.56 bits per heavy atom. The molecule has 0 bridgehead atoms. The van der Waals surface area contributed by atoms with Crippen molar-refractivity contribution in [3.05, 3.63) is 84.1 Å². The van der Waals surface area contributed by atoms with Gasteiger partial charge in [-0.2, -0.15) is 0 Å². The Morgan fingerprint density at radius 1 is 1.00 bits per heavy atom. The smallest absolute Gasteiger partial charge is 0.251 e. The molecule has 0 aliphatic rings. The number of methoxy groups -OCH3 is 1. The minimum absolute atomic E-state index is 0.140. The standard InChI is InChI=1S/C20H18N2O3/c1-24-17-10-8-16(9-11-17)20(23)22-14-15-5-4-6-18(13-15)25-19-7-2-3-12-21-19/h2-13H,14H2,1H3,(H,22,23). The zero-order valence-corrected chi connectivity index (χ0v) is 13.8. The van der Waals surface area contributed by atoms with Crippen LogP contribution in [0.4, 0.5) is 0 Å². The van der Waals surface area contributed by atoms with E-state index in [0.29, 0.717) is 23.7 Å². The molecular weight excluding hydrogens is 316 g/mol. The number of nitrogens with zero attached hydrogens (tertiary/aromatic N) is 1. The SMILES string of the molecule is COc1ccc(C(=O)NCc2cccc(Oc3ccccn3)c2)cc1. The van der Waals surface area contributed by atoms with Crippen molar-refractivity contribution in [2.75, 3.05) is 7.11 Å². The maximum Gasteiger partial charge on any atom is 0.251 e. The summed E-state index contributed by atoms with van der Waals surface area (Å²) < 4.78 is 10.8. The second-order valence-corrected chi connectivity index (χ2v) is 5.33. The number of ether oxygens (including phenoxy) is 2. The van der Waals surface area contributed by atoms with E-state index in [1.165, 1.54) is 0 Å². The number of pyridine rings is 1. The summed E-state index contributed by atoms with van der Waals surface area (Å²) in [7, 11) is 1.59. The van der Waals surface area contributed by atoms with E-state index < -0.39 is 0 Å². The van der Waals surface area contributed by atoms with Crippen LogP contribution in [0, 0.1) is 0 Å². The predicted octanol–water partition coefficient (Wildman–Crippen LogP) is 3.81. The summed E-state index contributed by atoms with van der Waals surface area (Å²) in [6, 6.07) is 20.0. The molecule has 1 amide bonds. The molecule has 2 aromatic carbocycles. The zero-order chi connectivity index (χ0) is 17.5. The highest BCUT2D eigenvalue weighted by Gasteiger charge is 2.06. The van der Waals surface area contributed by atoms with Crippen LogP contribution in [0.25, 0.3) is 0 Å². The molecule has 25 heavy (non-hydrogen) atoms. The van der Waals surface area contributed by atoms with E-state index in [-0.39, 0.29) is 5.91 Å². The highest BCUT2D eigenvalue weighted by molar-refractivity contribution is 5.94. The van der Waals surface area contributed by atoms with Crippen LogP contribution in [0.15, 0.2) is 72.9 Å². The van der Waals surface area contributed by atoms with E-state index >= 15 is 0 Å². The first-order valence-electron chi connectivity index (χ1n) is 7.85. The number of hydrogen-bond donors (Lipinski definition) is 1. The van der Waals surface area contributed by atoms with Gasteiger partial charge in [-0.05, 0) is 48.0 Å². The third kappa shape index (κ3) is 4.57. The van der Waals surface area contributed by atoms with Gasteiger partial charge in [0.1, 0.15) is 11.5 Å². The maximum absolute atomic E-state index is 12.2. The first-order chi connectivity index (χ1) is 12.2. The Kier molecular flexibility index (Phi) is 5.26. The summed E-state index contributed by atoms with van der Waals surface area (Å²) in [5, 5.41) is 2.89. The molecule has 126 valence electrons. The molecule has 1 N–H and O–H groups in total. The first kappa shape index (κ1) is 16.5. The number of hydrogen-bond acceptors (Lipinski definition) is 4. The van der Waals surface area contributed by atoms with Crippen molar-refractivity contribution in [3.63, 3.8) is 0 Å². The fourth-order valence-electron chi connectivity index (χ4n) is 2.27. The molecule has 1 heterocycles. The minimum Gasteiger partial charge on any atom is -0.497 e. The molecule has 0 radical (unpaired) electrons. The fourth-order valence-corrected chi connectivity index (χ4v) is 2.27. The number of carbonyl (C=O) groups excluding carboxylic acids is 1. The predicted molar refractivity (Wildman–Crippen MR) is 94.9 cm³/mol. The van der Waals surface area contributed by atoms with Crippen LogP contribution in [-0.2, 0) is 6.54 Å².